The van der Waals surface area contributed by atoms with Gasteiger partial charge in [0.2, 0.25) is 91.7 Å². The first-order valence-corrected chi connectivity index (χ1v) is 53.2. The number of amides is 1. The zero-order valence-electron chi connectivity index (χ0n) is 78.2. The first-order valence-electron chi connectivity index (χ1n) is 43.2. The Morgan fingerprint density at radius 3 is 1.43 bits per heavy atom. The summed E-state index contributed by atoms with van der Waals surface area (Å²) in [7, 11) is -10.2. The molecule has 752 valence electrons. The van der Waals surface area contributed by atoms with Crippen molar-refractivity contribution in [3.63, 3.8) is 0 Å². The average Bonchev–Trinajstić information content (AvgIpc) is 1.75. The van der Waals surface area contributed by atoms with Gasteiger partial charge in [0.05, 0.1) is 109 Å². The molecule has 40 nitrogen and oxygen atoms in total. The Hall–Kier alpha value is -14.0. The van der Waals surface area contributed by atoms with E-state index in [0.717, 1.165) is 70.5 Å². The van der Waals surface area contributed by atoms with Gasteiger partial charge < -0.3 is 63.6 Å². The van der Waals surface area contributed by atoms with E-state index in [1.165, 1.54) is 121 Å². The van der Waals surface area contributed by atoms with Gasteiger partial charge in [-0.2, -0.15) is 4.98 Å². The van der Waals surface area contributed by atoms with Gasteiger partial charge >= 0.3 is 0 Å². The lowest BCUT2D eigenvalue weighted by molar-refractivity contribution is 0.102. The number of methoxy groups -OCH3 is 1. The Morgan fingerprint density at radius 2 is 0.958 bits per heavy atom. The number of H-pyrrole nitrogens is 1. The van der Waals surface area contributed by atoms with Gasteiger partial charge in [0.15, 0.2) is 5.90 Å². The molecule has 0 bridgehead atoms. The average molecular weight is 2120 g/mol. The summed E-state index contributed by atoms with van der Waals surface area (Å²) < 4.78 is 204. The van der Waals surface area contributed by atoms with E-state index >= 15 is 0 Å². The monoisotopic (exact) mass is 2110 g/mol. The van der Waals surface area contributed by atoms with Crippen LogP contribution < -0.4 is 53.5 Å². The molecule has 1 amide bonds. The number of aromatic amines is 1. The SMILES string of the molecule is CN1C(N)=N[C@](C)(c2cc(NC(=O)c3cnc(OCCO)cn3)ccc2F)CS1(=O)=O.CN1C(N)=N[C@](C)(c2cc3c(cc2F)N=C(Nc2ccccc2)C3)CS1(=O)=O.CN1C(N)=N[C@](C)(c2cc3c(cc2F)N=C(Oc2ccccc2)C3)CS1(=O)=O.CN1C(N)=N[C@](C)(c2cc3c(cc2F)N=C(Sc2ccccc2)C3)CS1(=O)=O.COc1ncnc2cc(-c3cc(Cl)c([C@]4(C)CS(=O)(=O)N(C)C(N)=N4)s3)[nH]c12. The third-order valence-corrected chi connectivity index (χ3v) is 36.5. The molecule has 0 saturated heterocycles. The van der Waals surface area contributed by atoms with Gasteiger partial charge in [0, 0.05) is 105 Å². The third-order valence-electron chi connectivity index (χ3n) is 23.9. The molecule has 0 radical (unpaired) electrons. The largest absolute Gasteiger partial charge is 0.479 e. The molecule has 143 heavy (non-hydrogen) atoms. The van der Waals surface area contributed by atoms with E-state index in [4.69, 9.17) is 59.6 Å². The van der Waals surface area contributed by atoms with E-state index in [-0.39, 0.29) is 106 Å². The summed E-state index contributed by atoms with van der Waals surface area (Å²) in [6.45, 7) is 7.74. The number of anilines is 2. The first-order chi connectivity index (χ1) is 67.2. The number of benzene rings is 7. The number of sulfonamides is 5. The summed E-state index contributed by atoms with van der Waals surface area (Å²) in [5.41, 5.74) is 30.1. The van der Waals surface area contributed by atoms with Gasteiger partial charge in [-0.25, -0.2) is 136 Å². The molecule has 8 aliphatic rings. The number of carbonyl (C=O) groups excluding carboxylic acids is 1. The Bertz CT molecular complexity index is 7370. The molecule has 7 aromatic carbocycles. The van der Waals surface area contributed by atoms with Gasteiger partial charge in [0.1, 0.15) is 86.7 Å². The predicted molar refractivity (Wildman–Crippen MR) is 541 cm³/mol. The third kappa shape index (κ3) is 22.0. The number of carbonyl (C=O) groups is 1. The number of aliphatic imine (C=N–C) groups is 8. The fraction of sp³-hybridized carbons (Fsp3) is 0.286. The van der Waals surface area contributed by atoms with Crippen LogP contribution in [0.2, 0.25) is 5.02 Å². The minimum atomic E-state index is -3.80. The maximum Gasteiger partial charge on any atom is 0.275 e. The van der Waals surface area contributed by atoms with Gasteiger partial charge in [-0.1, -0.05) is 78.0 Å². The second-order valence-corrected chi connectivity index (χ2v) is 47.3. The number of para-hydroxylation sites is 2. The lowest BCUT2D eigenvalue weighted by atomic mass is 9.91. The number of fused-ring (bicyclic) bond motifs is 4. The topological polar surface area (TPSA) is 572 Å². The number of aliphatic hydroxyl groups is 1. The van der Waals surface area contributed by atoms with Crippen molar-refractivity contribution in [1.82, 2.24) is 46.4 Å². The minimum Gasteiger partial charge on any atom is -0.479 e. The van der Waals surface area contributed by atoms with Crippen LogP contribution in [0.5, 0.6) is 17.5 Å². The van der Waals surface area contributed by atoms with E-state index < -0.39 is 113 Å². The number of thiophene rings is 1. The summed E-state index contributed by atoms with van der Waals surface area (Å²) in [4.78, 5) is 69.1. The van der Waals surface area contributed by atoms with Crippen molar-refractivity contribution in [2.24, 2.45) is 68.6 Å². The van der Waals surface area contributed by atoms with Crippen molar-refractivity contribution in [1.29, 1.82) is 0 Å². The van der Waals surface area contributed by atoms with Crippen LogP contribution in [-0.2, 0) is 97.1 Å². The first kappa shape index (κ1) is 103. The van der Waals surface area contributed by atoms with Crippen LogP contribution in [0, 0.1) is 23.3 Å². The molecule has 12 heterocycles. The molecular weight excluding hydrogens is 2020 g/mol. The molecule has 11 aromatic rings. The molecule has 8 aliphatic heterocycles. The molecule has 0 unspecified atom stereocenters. The predicted octanol–water partition coefficient (Wildman–Crippen LogP) is 9.83. The summed E-state index contributed by atoms with van der Waals surface area (Å²) in [6, 6.07) is 44.8. The van der Waals surface area contributed by atoms with Crippen molar-refractivity contribution >= 4 is 177 Å². The van der Waals surface area contributed by atoms with Crippen LogP contribution in [0.3, 0.4) is 0 Å². The second kappa shape index (κ2) is 39.7. The Labute approximate surface area is 833 Å². The van der Waals surface area contributed by atoms with Gasteiger partial charge in [0.25, 0.3) is 5.91 Å². The van der Waals surface area contributed by atoms with Gasteiger partial charge in [-0.3, -0.25) is 4.79 Å². The normalized spacial score (nSPS) is 22.2. The van der Waals surface area contributed by atoms with E-state index in [1.54, 1.807) is 64.1 Å². The standard InChI is InChI=1S/C19H20FN5O2S.C19H19FN4O3S.C19H19FN4O2S2.C18H21FN6O5S.C16H17ClN6O3S2/c1-19(11-28(26,27)25(2)18(21)24-19)14-8-12-9-17(23-16(12)10-15(14)20)22-13-6-4-3-5-7-13;2*1-19(11-28(25,26)24(2)18(21)23-19)14-8-12-9-17(22-16(12)10-15(14)20)27-13-6-4-3-5-7-13;1-18(10-31(28,29)25(2)17(20)24-18)12-7-11(3-4-13(12)19)23-16(27)14-8-22-15(9-21-14)30-6-5-26;1-16(6-28(24,25)23(2)15(18)22-16)13-8(17)4-11(27-13)9-5-10-12(21-9)14(26-3)20-7-19-10/h3-8,10H,9,11H2,1-2H3,(H2,21,24)(H,22,23);2*3-8,10H,9,11H2,1-2H3,(H2,21,23);3-4,7-9,26H,5-6,10H2,1-2H3,(H2,20,24)(H,23,27);4-5,7,21H,6H2,1-3H3,(H2,18,22)/t3*19-;18-;16-/m00000/s1. The maximum atomic E-state index is 14.9. The number of halogens is 5. The number of aliphatic hydroxyl groups excluding tert-OH is 1. The van der Waals surface area contributed by atoms with E-state index in [9.17, 15) is 64.4 Å². The van der Waals surface area contributed by atoms with E-state index in [1.807, 2.05) is 84.9 Å². The lowest BCUT2D eigenvalue weighted by Gasteiger charge is -2.34. The highest BCUT2D eigenvalue weighted by atomic mass is 35.5. The zero-order valence-corrected chi connectivity index (χ0v) is 84.7. The summed E-state index contributed by atoms with van der Waals surface area (Å²) >= 11 is 9.36. The molecule has 0 spiro atoms. The van der Waals surface area contributed by atoms with Crippen LogP contribution in [0.15, 0.2) is 221 Å². The number of rotatable bonds is 15. The highest BCUT2D eigenvalue weighted by molar-refractivity contribution is 8.14. The molecule has 0 fully saturated rings. The number of hydrogen-bond acceptors (Lipinski definition) is 35. The van der Waals surface area contributed by atoms with Gasteiger partial charge in [-0.05, 0) is 136 Å². The molecular formula is C91H96ClF4N25O15S7. The number of aromatic nitrogens is 5. The summed E-state index contributed by atoms with van der Waals surface area (Å²) in [5.74, 6) is -3.22. The smallest absolute Gasteiger partial charge is 0.275 e. The number of nitrogens with zero attached hydrogens (tertiary/aromatic N) is 17. The van der Waals surface area contributed by atoms with Crippen molar-refractivity contribution in [2.45, 2.75) is 86.5 Å². The molecule has 0 aliphatic carbocycles. The summed E-state index contributed by atoms with van der Waals surface area (Å²) in [6.07, 6.45) is 5.25. The Kier molecular flexibility index (Phi) is 28.7. The van der Waals surface area contributed by atoms with Crippen LogP contribution >= 0.6 is 34.7 Å². The molecule has 19 rings (SSSR count). The minimum absolute atomic E-state index is 0.0300. The van der Waals surface area contributed by atoms with Crippen molar-refractivity contribution in [3.05, 3.63) is 254 Å². The number of hydrogen-bond donors (Lipinski definition) is 9. The molecule has 4 aromatic heterocycles. The number of nitrogens with one attached hydrogen (secondary N) is 3. The number of guanidine groups is 5. The van der Waals surface area contributed by atoms with Crippen molar-refractivity contribution < 1.29 is 83.8 Å². The number of thioether (sulfide) groups is 1. The van der Waals surface area contributed by atoms with Crippen molar-refractivity contribution in [3.8, 4) is 28.1 Å². The maximum absolute atomic E-state index is 14.9. The molecule has 52 heteroatoms. The van der Waals surface area contributed by atoms with E-state index in [2.05, 4.69) is 75.5 Å². The lowest BCUT2D eigenvalue weighted by Crippen LogP contribution is -2.50. The van der Waals surface area contributed by atoms with Crippen LogP contribution in [0.1, 0.15) is 88.9 Å². The summed E-state index contributed by atoms with van der Waals surface area (Å²) in [5, 5.41) is 15.8. The van der Waals surface area contributed by atoms with Gasteiger partial charge in [-0.15, -0.1) is 11.3 Å². The fourth-order valence-electron chi connectivity index (χ4n) is 16.3. The molecule has 14 N–H and O–H groups in total. The van der Waals surface area contributed by atoms with Crippen molar-refractivity contribution in [2.75, 3.05) is 95.0 Å². The quantitative estimate of drug-likeness (QED) is 0.0431. The fourth-order valence-corrected chi connectivity index (χ4v) is 26.2. The van der Waals surface area contributed by atoms with Crippen LogP contribution in [-0.4, -0.2) is 230 Å². The number of amidine groups is 1. The number of nitrogens with two attached hydrogens (primary N) is 5. The highest BCUT2D eigenvalue weighted by Gasteiger charge is 2.49. The Balaban J connectivity index is 0.000000135. The zero-order chi connectivity index (χ0) is 103. The highest BCUT2D eigenvalue weighted by Crippen LogP contribution is 2.48. The van der Waals surface area contributed by atoms with E-state index in [0.29, 0.717) is 80.6 Å². The number of ether oxygens (including phenoxy) is 3. The Morgan fingerprint density at radius 1 is 0.510 bits per heavy atom. The molecule has 0 saturated carbocycles. The van der Waals surface area contributed by atoms with Crippen LogP contribution in [0.25, 0.3) is 21.6 Å². The molecule has 5 atom stereocenters. The second-order valence-electron chi connectivity index (χ2n) is 34.7. The van der Waals surface area contributed by atoms with Crippen LogP contribution in [0.4, 0.5) is 46.0 Å².